The summed E-state index contributed by atoms with van der Waals surface area (Å²) >= 11 is 9.47. The SMILES string of the molecule is Cc1cc(Cl)ccc1C(O)c1cc(Br)cc2c1OCC2. The van der Waals surface area contributed by atoms with Crippen LogP contribution in [0.4, 0.5) is 0 Å². The maximum absolute atomic E-state index is 10.7. The molecule has 0 radical (unpaired) electrons. The molecule has 1 aliphatic rings. The second-order valence-corrected chi connectivity index (χ2v) is 6.34. The first-order valence-corrected chi connectivity index (χ1v) is 7.62. The van der Waals surface area contributed by atoms with Crippen LogP contribution in [0.25, 0.3) is 0 Å². The standard InChI is InChI=1S/C16H14BrClO2/c1-9-6-12(18)2-3-13(9)15(19)14-8-11(17)7-10-4-5-20-16(10)14/h2-3,6-8,15,19H,4-5H2,1H3. The number of fused-ring (bicyclic) bond motifs is 1. The first-order valence-electron chi connectivity index (χ1n) is 6.45. The van der Waals surface area contributed by atoms with Crippen LogP contribution in [0, 0.1) is 6.92 Å². The second kappa shape index (κ2) is 5.40. The van der Waals surface area contributed by atoms with Gasteiger partial charge in [0.25, 0.3) is 0 Å². The van der Waals surface area contributed by atoms with Crippen molar-refractivity contribution in [2.45, 2.75) is 19.4 Å². The molecule has 1 N–H and O–H groups in total. The van der Waals surface area contributed by atoms with E-state index in [4.69, 9.17) is 16.3 Å². The topological polar surface area (TPSA) is 29.5 Å². The Morgan fingerprint density at radius 1 is 1.25 bits per heavy atom. The van der Waals surface area contributed by atoms with Crippen LogP contribution in [0.1, 0.15) is 28.4 Å². The van der Waals surface area contributed by atoms with Crippen molar-refractivity contribution >= 4 is 27.5 Å². The summed E-state index contributed by atoms with van der Waals surface area (Å²) in [6.07, 6.45) is 0.172. The minimum absolute atomic E-state index is 0.672. The van der Waals surface area contributed by atoms with Crippen LogP contribution in [0.3, 0.4) is 0 Å². The summed E-state index contributed by atoms with van der Waals surface area (Å²) in [6.45, 7) is 2.62. The number of rotatable bonds is 2. The molecule has 0 amide bonds. The Balaban J connectivity index is 2.09. The number of benzene rings is 2. The van der Waals surface area contributed by atoms with Crippen LogP contribution in [-0.4, -0.2) is 11.7 Å². The summed E-state index contributed by atoms with van der Waals surface area (Å²) in [7, 11) is 0. The van der Waals surface area contributed by atoms with E-state index in [0.29, 0.717) is 11.6 Å². The van der Waals surface area contributed by atoms with Crippen molar-refractivity contribution in [1.29, 1.82) is 0 Å². The molecule has 1 atom stereocenters. The van der Waals surface area contributed by atoms with E-state index in [9.17, 15) is 5.11 Å². The van der Waals surface area contributed by atoms with Crippen molar-refractivity contribution in [1.82, 2.24) is 0 Å². The summed E-state index contributed by atoms with van der Waals surface area (Å²) in [6, 6.07) is 9.49. The highest BCUT2D eigenvalue weighted by Gasteiger charge is 2.24. The molecule has 4 heteroatoms. The molecule has 0 bridgehead atoms. The number of aliphatic hydroxyl groups is 1. The predicted octanol–water partition coefficient (Wildman–Crippen LogP) is 4.43. The molecule has 104 valence electrons. The fraction of sp³-hybridized carbons (Fsp3) is 0.250. The van der Waals surface area contributed by atoms with Crippen LogP contribution < -0.4 is 4.74 Å². The van der Waals surface area contributed by atoms with Crippen molar-refractivity contribution in [3.63, 3.8) is 0 Å². The highest BCUT2D eigenvalue weighted by Crippen LogP contribution is 2.39. The molecule has 20 heavy (non-hydrogen) atoms. The van der Waals surface area contributed by atoms with E-state index in [-0.39, 0.29) is 0 Å². The lowest BCUT2D eigenvalue weighted by Gasteiger charge is -2.17. The molecule has 2 aromatic carbocycles. The van der Waals surface area contributed by atoms with Crippen LogP contribution in [-0.2, 0) is 6.42 Å². The zero-order chi connectivity index (χ0) is 14.3. The Bertz CT molecular complexity index is 670. The molecule has 1 unspecified atom stereocenters. The van der Waals surface area contributed by atoms with Crippen LogP contribution in [0.15, 0.2) is 34.8 Å². The molecule has 2 nitrogen and oxygen atoms in total. The lowest BCUT2D eigenvalue weighted by Crippen LogP contribution is -2.04. The third-order valence-electron chi connectivity index (χ3n) is 3.60. The highest BCUT2D eigenvalue weighted by atomic mass is 79.9. The van der Waals surface area contributed by atoms with E-state index < -0.39 is 6.10 Å². The van der Waals surface area contributed by atoms with Gasteiger partial charge in [-0.2, -0.15) is 0 Å². The van der Waals surface area contributed by atoms with E-state index in [1.54, 1.807) is 6.07 Å². The molecule has 0 aromatic heterocycles. The van der Waals surface area contributed by atoms with Crippen LogP contribution in [0.2, 0.25) is 5.02 Å². The zero-order valence-electron chi connectivity index (χ0n) is 11.0. The monoisotopic (exact) mass is 352 g/mol. The maximum atomic E-state index is 10.7. The molecule has 0 aliphatic carbocycles. The molecule has 0 spiro atoms. The third-order valence-corrected chi connectivity index (χ3v) is 4.29. The number of hydrogen-bond donors (Lipinski definition) is 1. The molecule has 2 aromatic rings. The minimum atomic E-state index is -0.711. The number of ether oxygens (including phenoxy) is 1. The summed E-state index contributed by atoms with van der Waals surface area (Å²) < 4.78 is 6.64. The Morgan fingerprint density at radius 2 is 2.05 bits per heavy atom. The van der Waals surface area contributed by atoms with E-state index >= 15 is 0 Å². The van der Waals surface area contributed by atoms with E-state index in [1.807, 2.05) is 31.2 Å². The second-order valence-electron chi connectivity index (χ2n) is 4.99. The molecular formula is C16H14BrClO2. The highest BCUT2D eigenvalue weighted by molar-refractivity contribution is 9.10. The summed E-state index contributed by atoms with van der Waals surface area (Å²) in [5, 5.41) is 11.4. The quantitative estimate of drug-likeness (QED) is 0.865. The van der Waals surface area contributed by atoms with Crippen molar-refractivity contribution in [2.75, 3.05) is 6.61 Å². The van der Waals surface area contributed by atoms with Gasteiger partial charge >= 0.3 is 0 Å². The van der Waals surface area contributed by atoms with Gasteiger partial charge in [0.2, 0.25) is 0 Å². The van der Waals surface area contributed by atoms with Gasteiger partial charge in [0.05, 0.1) is 6.61 Å². The van der Waals surface area contributed by atoms with E-state index in [0.717, 1.165) is 38.9 Å². The maximum Gasteiger partial charge on any atom is 0.128 e. The zero-order valence-corrected chi connectivity index (χ0v) is 13.3. The Hall–Kier alpha value is -1.03. The molecule has 0 saturated heterocycles. The molecular weight excluding hydrogens is 340 g/mol. The van der Waals surface area contributed by atoms with Crippen molar-refractivity contribution in [2.24, 2.45) is 0 Å². The molecule has 3 rings (SSSR count). The van der Waals surface area contributed by atoms with Gasteiger partial charge in [-0.3, -0.25) is 0 Å². The largest absolute Gasteiger partial charge is 0.493 e. The van der Waals surface area contributed by atoms with E-state index in [1.165, 1.54) is 0 Å². The lowest BCUT2D eigenvalue weighted by atomic mass is 9.95. The minimum Gasteiger partial charge on any atom is -0.493 e. The van der Waals surface area contributed by atoms with Crippen LogP contribution >= 0.6 is 27.5 Å². The van der Waals surface area contributed by atoms with Gasteiger partial charge in [-0.15, -0.1) is 0 Å². The van der Waals surface area contributed by atoms with Crippen LogP contribution in [0.5, 0.6) is 5.75 Å². The number of hydrogen-bond acceptors (Lipinski definition) is 2. The van der Waals surface area contributed by atoms with Crippen molar-refractivity contribution in [3.8, 4) is 5.75 Å². The summed E-state index contributed by atoms with van der Waals surface area (Å²) in [4.78, 5) is 0. The predicted molar refractivity (Wildman–Crippen MR) is 83.6 cm³/mol. The van der Waals surface area contributed by atoms with Gasteiger partial charge in [-0.25, -0.2) is 0 Å². The average Bonchev–Trinajstić information content (AvgIpc) is 2.85. The van der Waals surface area contributed by atoms with Gasteiger partial charge in [0, 0.05) is 21.5 Å². The first-order chi connectivity index (χ1) is 9.56. The van der Waals surface area contributed by atoms with E-state index in [2.05, 4.69) is 15.9 Å². The van der Waals surface area contributed by atoms with Gasteiger partial charge in [0.1, 0.15) is 11.9 Å². The molecule has 1 heterocycles. The summed E-state index contributed by atoms with van der Waals surface area (Å²) in [5.41, 5.74) is 3.76. The number of aliphatic hydroxyl groups excluding tert-OH is 1. The average molecular weight is 354 g/mol. The Morgan fingerprint density at radius 3 is 2.80 bits per heavy atom. The molecule has 0 fully saturated rings. The van der Waals surface area contributed by atoms with Gasteiger partial charge < -0.3 is 9.84 Å². The van der Waals surface area contributed by atoms with Gasteiger partial charge in [-0.1, -0.05) is 33.6 Å². The fourth-order valence-corrected chi connectivity index (χ4v) is 3.36. The Kier molecular flexibility index (Phi) is 3.76. The molecule has 0 saturated carbocycles. The summed E-state index contributed by atoms with van der Waals surface area (Å²) in [5.74, 6) is 0.815. The molecule has 1 aliphatic heterocycles. The third kappa shape index (κ3) is 2.46. The Labute approximate surface area is 131 Å². The number of halogens is 2. The van der Waals surface area contributed by atoms with Crippen molar-refractivity contribution < 1.29 is 9.84 Å². The lowest BCUT2D eigenvalue weighted by molar-refractivity contribution is 0.213. The normalized spacial score (nSPS) is 14.8. The van der Waals surface area contributed by atoms with Crippen molar-refractivity contribution in [3.05, 3.63) is 62.1 Å². The smallest absolute Gasteiger partial charge is 0.128 e. The first kappa shape index (κ1) is 13.9. The van der Waals surface area contributed by atoms with Gasteiger partial charge in [-0.05, 0) is 47.9 Å². The fourth-order valence-electron chi connectivity index (χ4n) is 2.61. The van der Waals surface area contributed by atoms with Gasteiger partial charge in [0.15, 0.2) is 0 Å². The number of aryl methyl sites for hydroxylation is 1.